The normalized spacial score (nSPS) is 13.1. The summed E-state index contributed by atoms with van der Waals surface area (Å²) < 4.78 is 5.62. The smallest absolute Gasteiger partial charge is 0.262 e. The highest BCUT2D eigenvalue weighted by molar-refractivity contribution is 6.32. The fourth-order valence-electron chi connectivity index (χ4n) is 3.04. The van der Waals surface area contributed by atoms with Gasteiger partial charge in [0.1, 0.15) is 5.75 Å². The van der Waals surface area contributed by atoms with E-state index in [2.05, 4.69) is 10.6 Å². The number of ether oxygens (including phenoxy) is 1. The largest absolute Gasteiger partial charge is 0.484 e. The van der Waals surface area contributed by atoms with E-state index >= 15 is 0 Å². The maximum atomic E-state index is 12.4. The number of aryl methyl sites for hydroxylation is 1. The average Bonchev–Trinajstić information content (AvgIpc) is 3.52. The molecule has 0 saturated heterocycles. The van der Waals surface area contributed by atoms with Crippen LogP contribution in [-0.4, -0.2) is 18.4 Å². The van der Waals surface area contributed by atoms with Gasteiger partial charge in [-0.1, -0.05) is 37.6 Å². The molecule has 3 rings (SSSR count). The van der Waals surface area contributed by atoms with Crippen LogP contribution in [0.4, 0.5) is 11.4 Å². The number of carbonyl (C=O) groups is 2. The van der Waals surface area contributed by atoms with Gasteiger partial charge in [0.05, 0.1) is 0 Å². The first-order valence-electron chi connectivity index (χ1n) is 9.65. The van der Waals surface area contributed by atoms with Gasteiger partial charge in [0.2, 0.25) is 5.91 Å². The molecular formula is C22H25ClN2O3. The van der Waals surface area contributed by atoms with Gasteiger partial charge >= 0.3 is 0 Å². The van der Waals surface area contributed by atoms with E-state index in [1.165, 1.54) is 0 Å². The highest BCUT2D eigenvalue weighted by atomic mass is 35.5. The number of carbonyl (C=O) groups excluding carboxylic acids is 2. The average molecular weight is 401 g/mol. The van der Waals surface area contributed by atoms with Gasteiger partial charge in [-0.3, -0.25) is 9.59 Å². The lowest BCUT2D eigenvalue weighted by molar-refractivity contribution is -0.118. The van der Waals surface area contributed by atoms with Crippen LogP contribution in [0.3, 0.4) is 0 Å². The van der Waals surface area contributed by atoms with Crippen LogP contribution in [0.25, 0.3) is 0 Å². The monoisotopic (exact) mass is 400 g/mol. The number of halogens is 1. The van der Waals surface area contributed by atoms with Crippen LogP contribution in [0.1, 0.15) is 37.8 Å². The van der Waals surface area contributed by atoms with Crippen molar-refractivity contribution in [2.24, 2.45) is 5.92 Å². The van der Waals surface area contributed by atoms with E-state index in [-0.39, 0.29) is 24.3 Å². The van der Waals surface area contributed by atoms with Gasteiger partial charge in [-0.25, -0.2) is 0 Å². The molecule has 1 aliphatic rings. The number of amides is 2. The summed E-state index contributed by atoms with van der Waals surface area (Å²) in [5.41, 5.74) is 3.42. The van der Waals surface area contributed by atoms with E-state index in [4.69, 9.17) is 16.3 Å². The molecule has 2 amide bonds. The fourth-order valence-corrected chi connectivity index (χ4v) is 3.34. The van der Waals surface area contributed by atoms with Crippen LogP contribution < -0.4 is 15.4 Å². The van der Waals surface area contributed by atoms with Crippen LogP contribution in [0.2, 0.25) is 5.02 Å². The molecule has 0 heterocycles. The molecule has 2 aromatic carbocycles. The van der Waals surface area contributed by atoms with Gasteiger partial charge in [-0.15, -0.1) is 0 Å². The number of hydrogen-bond acceptors (Lipinski definition) is 3. The molecule has 0 bridgehead atoms. The zero-order valence-electron chi connectivity index (χ0n) is 16.2. The van der Waals surface area contributed by atoms with Gasteiger partial charge in [0, 0.05) is 28.4 Å². The molecule has 0 spiro atoms. The van der Waals surface area contributed by atoms with Gasteiger partial charge in [0.25, 0.3) is 5.91 Å². The summed E-state index contributed by atoms with van der Waals surface area (Å²) >= 11 is 6.28. The molecule has 0 radical (unpaired) electrons. The van der Waals surface area contributed by atoms with Gasteiger partial charge in [0.15, 0.2) is 6.61 Å². The molecule has 1 saturated carbocycles. The summed E-state index contributed by atoms with van der Waals surface area (Å²) in [6, 6.07) is 10.9. The molecule has 5 nitrogen and oxygen atoms in total. The van der Waals surface area contributed by atoms with Crippen molar-refractivity contribution in [3.05, 3.63) is 52.5 Å². The van der Waals surface area contributed by atoms with Crippen molar-refractivity contribution >= 4 is 34.8 Å². The molecule has 1 fully saturated rings. The first-order chi connectivity index (χ1) is 13.5. The van der Waals surface area contributed by atoms with Crippen molar-refractivity contribution in [2.75, 3.05) is 17.2 Å². The lowest BCUT2D eigenvalue weighted by Gasteiger charge is -2.16. The SMILES string of the molecule is CCc1ccc(Cl)c(CC)c1NC(=O)COc1cccc(NC(=O)C2CC2)c1. The first-order valence-corrected chi connectivity index (χ1v) is 10.0. The molecule has 2 aromatic rings. The minimum atomic E-state index is -0.251. The Morgan fingerprint density at radius 3 is 2.57 bits per heavy atom. The summed E-state index contributed by atoms with van der Waals surface area (Å²) in [6.07, 6.45) is 3.42. The van der Waals surface area contributed by atoms with Crippen LogP contribution >= 0.6 is 11.6 Å². The fraction of sp³-hybridized carbons (Fsp3) is 0.364. The van der Waals surface area contributed by atoms with E-state index in [0.717, 1.165) is 42.5 Å². The molecule has 0 atom stereocenters. The summed E-state index contributed by atoms with van der Waals surface area (Å²) in [7, 11) is 0. The number of benzene rings is 2. The standard InChI is InChI=1S/C22H25ClN2O3/c1-3-14-10-11-19(23)18(4-2)21(14)25-20(26)13-28-17-7-5-6-16(12-17)24-22(27)15-8-9-15/h5-7,10-12,15H,3-4,8-9,13H2,1-2H3,(H,24,27)(H,25,26). The van der Waals surface area contributed by atoms with Crippen LogP contribution in [0.15, 0.2) is 36.4 Å². The number of rotatable bonds is 8. The Morgan fingerprint density at radius 2 is 1.89 bits per heavy atom. The second kappa shape index (κ2) is 9.11. The third kappa shape index (κ3) is 5.04. The Morgan fingerprint density at radius 1 is 1.11 bits per heavy atom. The van der Waals surface area contributed by atoms with E-state index in [1.807, 2.05) is 26.0 Å². The molecule has 0 aliphatic heterocycles. The molecule has 0 aromatic heterocycles. The quantitative estimate of drug-likeness (QED) is 0.666. The van der Waals surface area contributed by atoms with Crippen LogP contribution in [0, 0.1) is 5.92 Å². The molecule has 28 heavy (non-hydrogen) atoms. The van der Waals surface area contributed by atoms with E-state index in [1.54, 1.807) is 24.3 Å². The van der Waals surface area contributed by atoms with Crippen molar-refractivity contribution < 1.29 is 14.3 Å². The maximum Gasteiger partial charge on any atom is 0.262 e. The third-order valence-electron chi connectivity index (χ3n) is 4.76. The van der Waals surface area contributed by atoms with Crippen molar-refractivity contribution in [1.82, 2.24) is 0 Å². The predicted octanol–water partition coefficient (Wildman–Crippen LogP) is 4.83. The lowest BCUT2D eigenvalue weighted by atomic mass is 10.0. The topological polar surface area (TPSA) is 67.4 Å². The minimum absolute atomic E-state index is 0.0371. The van der Waals surface area contributed by atoms with Crippen LogP contribution in [0.5, 0.6) is 5.75 Å². The molecule has 148 valence electrons. The minimum Gasteiger partial charge on any atom is -0.484 e. The zero-order chi connectivity index (χ0) is 20.1. The number of hydrogen-bond donors (Lipinski definition) is 2. The molecule has 2 N–H and O–H groups in total. The Hall–Kier alpha value is -2.53. The van der Waals surface area contributed by atoms with Crippen molar-refractivity contribution in [3.8, 4) is 5.75 Å². The lowest BCUT2D eigenvalue weighted by Crippen LogP contribution is -2.22. The first kappa shape index (κ1) is 20.2. The van der Waals surface area contributed by atoms with Gasteiger partial charge in [-0.2, -0.15) is 0 Å². The third-order valence-corrected chi connectivity index (χ3v) is 5.11. The highest BCUT2D eigenvalue weighted by Crippen LogP contribution is 2.31. The number of nitrogens with one attached hydrogen (secondary N) is 2. The Kier molecular flexibility index (Phi) is 6.57. The predicted molar refractivity (Wildman–Crippen MR) is 112 cm³/mol. The molecule has 6 heteroatoms. The second-order valence-corrected chi connectivity index (χ2v) is 7.30. The van der Waals surface area contributed by atoms with Crippen molar-refractivity contribution in [2.45, 2.75) is 39.5 Å². The van der Waals surface area contributed by atoms with Crippen molar-refractivity contribution in [1.29, 1.82) is 0 Å². The highest BCUT2D eigenvalue weighted by Gasteiger charge is 2.29. The Labute approximate surface area is 170 Å². The van der Waals surface area contributed by atoms with E-state index in [9.17, 15) is 9.59 Å². The zero-order valence-corrected chi connectivity index (χ0v) is 16.9. The van der Waals surface area contributed by atoms with Gasteiger partial charge in [-0.05, 0) is 55.0 Å². The Bertz CT molecular complexity index is 878. The molecule has 1 aliphatic carbocycles. The second-order valence-electron chi connectivity index (χ2n) is 6.90. The summed E-state index contributed by atoms with van der Waals surface area (Å²) in [5.74, 6) is 0.448. The molecule has 0 unspecified atom stereocenters. The van der Waals surface area contributed by atoms with E-state index < -0.39 is 0 Å². The summed E-state index contributed by atoms with van der Waals surface area (Å²) in [6.45, 7) is 3.92. The molecular weight excluding hydrogens is 376 g/mol. The maximum absolute atomic E-state index is 12.4. The Balaban J connectivity index is 1.62. The summed E-state index contributed by atoms with van der Waals surface area (Å²) in [4.78, 5) is 24.3. The van der Waals surface area contributed by atoms with Gasteiger partial charge < -0.3 is 15.4 Å². The summed E-state index contributed by atoms with van der Waals surface area (Å²) in [5, 5.41) is 6.47. The van der Waals surface area contributed by atoms with Crippen LogP contribution in [-0.2, 0) is 22.4 Å². The van der Waals surface area contributed by atoms with E-state index in [0.29, 0.717) is 16.5 Å². The van der Waals surface area contributed by atoms with Crippen molar-refractivity contribution in [3.63, 3.8) is 0 Å². The number of anilines is 2.